The molecule has 10 heteroatoms. The van der Waals surface area contributed by atoms with Crippen molar-refractivity contribution >= 4 is 37.3 Å². The number of nitrogens with one attached hydrogen (secondary N) is 2. The molecule has 0 unspecified atom stereocenters. The van der Waals surface area contributed by atoms with E-state index in [4.69, 9.17) is 0 Å². The normalized spacial score (nSPS) is 14.5. The van der Waals surface area contributed by atoms with Crippen molar-refractivity contribution in [2.45, 2.75) is 30.4 Å². The highest BCUT2D eigenvalue weighted by Crippen LogP contribution is 2.20. The first-order valence-corrected chi connectivity index (χ1v) is 14.3. The van der Waals surface area contributed by atoms with Crippen molar-refractivity contribution in [2.24, 2.45) is 0 Å². The summed E-state index contributed by atoms with van der Waals surface area (Å²) in [6, 6.07) is 19.3. The van der Waals surface area contributed by atoms with E-state index in [1.165, 1.54) is 28.6 Å². The molecule has 1 fully saturated rings. The molecule has 2 N–H and O–H groups in total. The first-order chi connectivity index (χ1) is 16.6. The number of nitrogens with zero attached hydrogens (tertiary/aromatic N) is 1. The lowest BCUT2D eigenvalue weighted by atomic mass is 10.1. The van der Waals surface area contributed by atoms with Crippen LogP contribution in [0, 0.1) is 6.92 Å². The summed E-state index contributed by atoms with van der Waals surface area (Å²) in [6.45, 7) is 3.00. The molecular weight excluding hydrogens is 486 g/mol. The fourth-order valence-electron chi connectivity index (χ4n) is 3.86. The second kappa shape index (κ2) is 10.2. The van der Waals surface area contributed by atoms with E-state index in [2.05, 4.69) is 10.0 Å². The van der Waals surface area contributed by atoms with Gasteiger partial charge >= 0.3 is 0 Å². The molecule has 0 saturated carbocycles. The van der Waals surface area contributed by atoms with Gasteiger partial charge in [-0.2, -0.15) is 0 Å². The maximum Gasteiger partial charge on any atom is 0.261 e. The van der Waals surface area contributed by atoms with E-state index < -0.39 is 20.0 Å². The highest BCUT2D eigenvalue weighted by molar-refractivity contribution is 7.92. The number of hydrogen-bond donors (Lipinski definition) is 2. The Morgan fingerprint density at radius 2 is 1.51 bits per heavy atom. The Hall–Kier alpha value is -3.21. The van der Waals surface area contributed by atoms with Gasteiger partial charge in [-0.15, -0.1) is 0 Å². The summed E-state index contributed by atoms with van der Waals surface area (Å²) in [7, 11) is -7.12. The third kappa shape index (κ3) is 6.27. The Balaban J connectivity index is 1.38. The predicted molar refractivity (Wildman–Crippen MR) is 136 cm³/mol. The first-order valence-electron chi connectivity index (χ1n) is 11.2. The lowest BCUT2D eigenvalue weighted by molar-refractivity contribution is 0.102. The third-order valence-electron chi connectivity index (χ3n) is 5.72. The fraction of sp³-hybridized carbons (Fsp3) is 0.240. The van der Waals surface area contributed by atoms with Crippen molar-refractivity contribution in [3.63, 3.8) is 0 Å². The number of hydrogen-bond acceptors (Lipinski definition) is 5. The Kier molecular flexibility index (Phi) is 7.25. The van der Waals surface area contributed by atoms with Crippen molar-refractivity contribution < 1.29 is 21.6 Å². The molecule has 1 amide bonds. The van der Waals surface area contributed by atoms with Gasteiger partial charge < -0.3 is 5.32 Å². The van der Waals surface area contributed by atoms with Gasteiger partial charge in [-0.1, -0.05) is 24.3 Å². The van der Waals surface area contributed by atoms with Crippen LogP contribution in [0.1, 0.15) is 34.3 Å². The van der Waals surface area contributed by atoms with Crippen LogP contribution in [0.5, 0.6) is 0 Å². The molecule has 1 heterocycles. The van der Waals surface area contributed by atoms with Gasteiger partial charge in [0.25, 0.3) is 15.9 Å². The standard InChI is InChI=1S/C25H27N3O5S2/c1-19-5-4-6-23(17-19)27-35(32,33)24-13-11-22(12-14-24)26-25(29)21-9-7-20(8-10-21)18-34(30,31)28-15-2-3-16-28/h4-14,17,27H,2-3,15-16,18H2,1H3,(H,26,29). The molecular formula is C25H27N3O5S2. The average Bonchev–Trinajstić information content (AvgIpc) is 3.36. The molecule has 0 aliphatic carbocycles. The van der Waals surface area contributed by atoms with Crippen LogP contribution < -0.4 is 10.0 Å². The fourth-order valence-corrected chi connectivity index (χ4v) is 6.52. The van der Waals surface area contributed by atoms with Crippen molar-refractivity contribution in [1.29, 1.82) is 0 Å². The second-order valence-electron chi connectivity index (χ2n) is 8.51. The SMILES string of the molecule is Cc1cccc(NS(=O)(=O)c2ccc(NC(=O)c3ccc(CS(=O)(=O)N4CCCC4)cc3)cc2)c1. The average molecular weight is 514 g/mol. The van der Waals surface area contributed by atoms with Crippen LogP contribution in [0.4, 0.5) is 11.4 Å². The number of rotatable bonds is 8. The lowest BCUT2D eigenvalue weighted by Crippen LogP contribution is -2.29. The minimum Gasteiger partial charge on any atom is -0.322 e. The zero-order valence-electron chi connectivity index (χ0n) is 19.3. The van der Waals surface area contributed by atoms with Crippen LogP contribution in [-0.4, -0.2) is 40.1 Å². The number of carbonyl (C=O) groups is 1. The molecule has 3 aromatic carbocycles. The second-order valence-corrected chi connectivity index (χ2v) is 12.2. The van der Waals surface area contributed by atoms with E-state index in [1.807, 2.05) is 13.0 Å². The van der Waals surface area contributed by atoms with Crippen molar-refractivity contribution in [1.82, 2.24) is 4.31 Å². The number of benzene rings is 3. The Labute approximate surface area is 206 Å². The molecule has 0 atom stereocenters. The minimum absolute atomic E-state index is 0.0700. The van der Waals surface area contributed by atoms with E-state index >= 15 is 0 Å². The van der Waals surface area contributed by atoms with E-state index in [0.29, 0.717) is 35.6 Å². The van der Waals surface area contributed by atoms with Gasteiger partial charge in [-0.05, 0) is 79.4 Å². The molecule has 35 heavy (non-hydrogen) atoms. The molecule has 3 aromatic rings. The quantitative estimate of drug-likeness (QED) is 0.473. The van der Waals surface area contributed by atoms with Gasteiger partial charge in [0, 0.05) is 30.0 Å². The van der Waals surface area contributed by atoms with Crippen LogP contribution in [-0.2, 0) is 25.8 Å². The summed E-state index contributed by atoms with van der Waals surface area (Å²) in [4.78, 5) is 12.7. The van der Waals surface area contributed by atoms with Crippen LogP contribution in [0.3, 0.4) is 0 Å². The van der Waals surface area contributed by atoms with Gasteiger partial charge in [0.2, 0.25) is 10.0 Å². The van der Waals surface area contributed by atoms with E-state index in [0.717, 1.165) is 18.4 Å². The van der Waals surface area contributed by atoms with Gasteiger partial charge in [-0.3, -0.25) is 9.52 Å². The monoisotopic (exact) mass is 513 g/mol. The van der Waals surface area contributed by atoms with Crippen LogP contribution >= 0.6 is 0 Å². The number of amides is 1. The molecule has 184 valence electrons. The summed E-state index contributed by atoms with van der Waals surface area (Å²) in [6.07, 6.45) is 1.77. The summed E-state index contributed by atoms with van der Waals surface area (Å²) in [5.74, 6) is -0.478. The zero-order chi connectivity index (χ0) is 25.1. The summed E-state index contributed by atoms with van der Waals surface area (Å²) >= 11 is 0. The molecule has 1 saturated heterocycles. The highest BCUT2D eigenvalue weighted by Gasteiger charge is 2.25. The molecule has 0 aromatic heterocycles. The Morgan fingerprint density at radius 3 is 2.14 bits per heavy atom. The van der Waals surface area contributed by atoms with Crippen molar-refractivity contribution in [2.75, 3.05) is 23.1 Å². The van der Waals surface area contributed by atoms with Crippen LogP contribution in [0.25, 0.3) is 0 Å². The molecule has 0 spiro atoms. The van der Waals surface area contributed by atoms with Gasteiger partial charge in [-0.25, -0.2) is 21.1 Å². The zero-order valence-corrected chi connectivity index (χ0v) is 20.9. The van der Waals surface area contributed by atoms with Crippen LogP contribution in [0.15, 0.2) is 77.7 Å². The molecule has 0 bridgehead atoms. The van der Waals surface area contributed by atoms with Gasteiger partial charge in [0.1, 0.15) is 0 Å². The number of carbonyl (C=O) groups excluding carboxylic acids is 1. The van der Waals surface area contributed by atoms with Gasteiger partial charge in [0.05, 0.1) is 10.6 Å². The molecule has 8 nitrogen and oxygen atoms in total. The summed E-state index contributed by atoms with van der Waals surface area (Å²) in [5, 5.41) is 2.73. The Bertz CT molecular complexity index is 1410. The Morgan fingerprint density at radius 1 is 0.857 bits per heavy atom. The topological polar surface area (TPSA) is 113 Å². The maximum atomic E-state index is 12.6. The molecule has 1 aliphatic rings. The van der Waals surface area contributed by atoms with Crippen molar-refractivity contribution in [3.05, 3.63) is 89.5 Å². The number of sulfonamides is 2. The first kappa shape index (κ1) is 24.9. The minimum atomic E-state index is -3.77. The highest BCUT2D eigenvalue weighted by atomic mass is 32.2. The van der Waals surface area contributed by atoms with E-state index in [1.54, 1.807) is 42.5 Å². The summed E-state index contributed by atoms with van der Waals surface area (Å²) in [5.41, 5.74) is 2.82. The van der Waals surface area contributed by atoms with E-state index in [9.17, 15) is 21.6 Å². The smallest absolute Gasteiger partial charge is 0.261 e. The van der Waals surface area contributed by atoms with Crippen LogP contribution in [0.2, 0.25) is 0 Å². The van der Waals surface area contributed by atoms with E-state index in [-0.39, 0.29) is 16.6 Å². The lowest BCUT2D eigenvalue weighted by Gasteiger charge is -2.15. The third-order valence-corrected chi connectivity index (χ3v) is 8.96. The summed E-state index contributed by atoms with van der Waals surface area (Å²) < 4.78 is 54.3. The molecule has 0 radical (unpaired) electrons. The maximum absolute atomic E-state index is 12.6. The van der Waals surface area contributed by atoms with Crippen molar-refractivity contribution in [3.8, 4) is 0 Å². The molecule has 1 aliphatic heterocycles. The predicted octanol–water partition coefficient (Wildman–Crippen LogP) is 3.97. The largest absolute Gasteiger partial charge is 0.322 e. The number of anilines is 2. The molecule has 4 rings (SSSR count). The van der Waals surface area contributed by atoms with Gasteiger partial charge in [0.15, 0.2) is 0 Å². The number of aryl methyl sites for hydroxylation is 1.